The molecule has 0 amide bonds. The van der Waals surface area contributed by atoms with Crippen molar-refractivity contribution >= 4 is 17.6 Å². The lowest BCUT2D eigenvalue weighted by molar-refractivity contribution is 0.0522. The highest BCUT2D eigenvalue weighted by molar-refractivity contribution is 6.17. The van der Waals surface area contributed by atoms with Gasteiger partial charge in [-0.25, -0.2) is 4.79 Å². The van der Waals surface area contributed by atoms with Gasteiger partial charge in [-0.3, -0.25) is 0 Å². The molecular formula is C12H12ClNO3. The third kappa shape index (κ3) is 2.69. The van der Waals surface area contributed by atoms with Crippen molar-refractivity contribution in [1.29, 1.82) is 5.26 Å². The van der Waals surface area contributed by atoms with Gasteiger partial charge in [-0.1, -0.05) is 0 Å². The van der Waals surface area contributed by atoms with E-state index in [1.807, 2.05) is 6.07 Å². The normalized spacial score (nSPS) is 9.53. The van der Waals surface area contributed by atoms with Gasteiger partial charge in [0, 0.05) is 5.56 Å². The first kappa shape index (κ1) is 13.3. The Kier molecular flexibility index (Phi) is 4.80. The van der Waals surface area contributed by atoms with Gasteiger partial charge >= 0.3 is 5.97 Å². The first-order valence-electron chi connectivity index (χ1n) is 5.02. The average molecular weight is 254 g/mol. The van der Waals surface area contributed by atoms with E-state index in [-0.39, 0.29) is 18.1 Å². The Morgan fingerprint density at radius 1 is 1.53 bits per heavy atom. The fraction of sp³-hybridized carbons (Fsp3) is 0.333. The van der Waals surface area contributed by atoms with E-state index >= 15 is 0 Å². The summed E-state index contributed by atoms with van der Waals surface area (Å²) in [5, 5.41) is 8.92. The summed E-state index contributed by atoms with van der Waals surface area (Å²) >= 11 is 5.77. The number of nitriles is 1. The molecule has 0 aliphatic rings. The van der Waals surface area contributed by atoms with Gasteiger partial charge < -0.3 is 9.47 Å². The van der Waals surface area contributed by atoms with E-state index < -0.39 is 5.97 Å². The van der Waals surface area contributed by atoms with Crippen LogP contribution in [0, 0.1) is 11.3 Å². The first-order valence-corrected chi connectivity index (χ1v) is 5.56. The van der Waals surface area contributed by atoms with Gasteiger partial charge in [-0.05, 0) is 19.1 Å². The fourth-order valence-corrected chi connectivity index (χ4v) is 1.73. The van der Waals surface area contributed by atoms with E-state index in [4.69, 9.17) is 26.3 Å². The van der Waals surface area contributed by atoms with Crippen LogP contribution in [0.5, 0.6) is 5.75 Å². The van der Waals surface area contributed by atoms with Crippen LogP contribution < -0.4 is 4.74 Å². The standard InChI is InChI=1S/C12H12ClNO3/c1-3-17-12(15)9-5-4-8(7-14)10(6-13)11(9)16-2/h4-5H,3,6H2,1-2H3. The zero-order valence-electron chi connectivity index (χ0n) is 9.62. The fourth-order valence-electron chi connectivity index (χ4n) is 1.47. The second-order valence-electron chi connectivity index (χ2n) is 3.14. The highest BCUT2D eigenvalue weighted by Crippen LogP contribution is 2.29. The number of carbonyl (C=O) groups excluding carboxylic acids is 1. The number of nitrogens with zero attached hydrogens (tertiary/aromatic N) is 1. The quantitative estimate of drug-likeness (QED) is 0.611. The third-order valence-electron chi connectivity index (χ3n) is 2.21. The number of hydrogen-bond acceptors (Lipinski definition) is 4. The number of methoxy groups -OCH3 is 1. The van der Waals surface area contributed by atoms with Crippen LogP contribution in [0.3, 0.4) is 0 Å². The largest absolute Gasteiger partial charge is 0.495 e. The highest BCUT2D eigenvalue weighted by atomic mass is 35.5. The summed E-state index contributed by atoms with van der Waals surface area (Å²) in [4.78, 5) is 11.7. The lowest BCUT2D eigenvalue weighted by Crippen LogP contribution is -2.09. The number of benzene rings is 1. The van der Waals surface area contributed by atoms with Crippen LogP contribution in [0.25, 0.3) is 0 Å². The van der Waals surface area contributed by atoms with Crippen molar-refractivity contribution < 1.29 is 14.3 Å². The lowest BCUT2D eigenvalue weighted by Gasteiger charge is -2.12. The number of carbonyl (C=O) groups is 1. The van der Waals surface area contributed by atoms with E-state index in [0.717, 1.165) is 0 Å². The summed E-state index contributed by atoms with van der Waals surface area (Å²) in [5.74, 6) is -0.0861. The van der Waals surface area contributed by atoms with E-state index in [0.29, 0.717) is 16.9 Å². The lowest BCUT2D eigenvalue weighted by atomic mass is 10.0. The highest BCUT2D eigenvalue weighted by Gasteiger charge is 2.19. The number of ether oxygens (including phenoxy) is 2. The van der Waals surface area contributed by atoms with E-state index in [1.165, 1.54) is 19.2 Å². The molecule has 0 bridgehead atoms. The first-order chi connectivity index (χ1) is 8.19. The maximum Gasteiger partial charge on any atom is 0.341 e. The zero-order chi connectivity index (χ0) is 12.8. The number of esters is 1. The minimum atomic E-state index is -0.486. The molecule has 0 saturated heterocycles. The van der Waals surface area contributed by atoms with Gasteiger partial charge in [0.25, 0.3) is 0 Å². The van der Waals surface area contributed by atoms with Crippen molar-refractivity contribution in [2.24, 2.45) is 0 Å². The van der Waals surface area contributed by atoms with Crippen LogP contribution in [-0.2, 0) is 10.6 Å². The van der Waals surface area contributed by atoms with Crippen molar-refractivity contribution in [3.63, 3.8) is 0 Å². The Balaban J connectivity index is 3.34. The summed E-state index contributed by atoms with van der Waals surface area (Å²) in [7, 11) is 1.43. The third-order valence-corrected chi connectivity index (χ3v) is 2.48. The molecule has 17 heavy (non-hydrogen) atoms. The van der Waals surface area contributed by atoms with E-state index in [2.05, 4.69) is 0 Å². The molecule has 90 valence electrons. The summed E-state index contributed by atoms with van der Waals surface area (Å²) < 4.78 is 10.0. The smallest absolute Gasteiger partial charge is 0.341 e. The summed E-state index contributed by atoms with van der Waals surface area (Å²) in [6, 6.07) is 5.04. The van der Waals surface area contributed by atoms with Crippen molar-refractivity contribution in [3.8, 4) is 11.8 Å². The summed E-state index contributed by atoms with van der Waals surface area (Å²) in [6.45, 7) is 1.99. The molecule has 0 atom stereocenters. The monoisotopic (exact) mass is 253 g/mol. The summed E-state index contributed by atoms with van der Waals surface area (Å²) in [6.07, 6.45) is 0. The van der Waals surface area contributed by atoms with Crippen LogP contribution in [0.1, 0.15) is 28.4 Å². The van der Waals surface area contributed by atoms with Crippen LogP contribution in [0.15, 0.2) is 12.1 Å². The van der Waals surface area contributed by atoms with E-state index in [9.17, 15) is 4.79 Å². The Morgan fingerprint density at radius 2 is 2.24 bits per heavy atom. The van der Waals surface area contributed by atoms with Crippen molar-refractivity contribution in [1.82, 2.24) is 0 Å². The van der Waals surface area contributed by atoms with Gasteiger partial charge in [0.2, 0.25) is 0 Å². The second kappa shape index (κ2) is 6.12. The molecule has 0 radical (unpaired) electrons. The minimum absolute atomic E-state index is 0.0965. The molecule has 0 saturated carbocycles. The molecule has 1 aromatic rings. The zero-order valence-corrected chi connectivity index (χ0v) is 10.4. The molecule has 0 spiro atoms. The number of hydrogen-bond donors (Lipinski definition) is 0. The van der Waals surface area contributed by atoms with Crippen LogP contribution in [0.4, 0.5) is 0 Å². The van der Waals surface area contributed by atoms with Gasteiger partial charge in [-0.15, -0.1) is 11.6 Å². The maximum atomic E-state index is 11.7. The number of halogens is 1. The maximum absolute atomic E-state index is 11.7. The molecule has 5 heteroatoms. The molecule has 0 heterocycles. The molecule has 0 N–H and O–H groups in total. The second-order valence-corrected chi connectivity index (χ2v) is 3.41. The Hall–Kier alpha value is -1.73. The Labute approximate surface area is 105 Å². The van der Waals surface area contributed by atoms with E-state index in [1.54, 1.807) is 6.92 Å². The van der Waals surface area contributed by atoms with Crippen molar-refractivity contribution in [2.45, 2.75) is 12.8 Å². The predicted octanol–water partition coefficient (Wildman–Crippen LogP) is 2.48. The SMILES string of the molecule is CCOC(=O)c1ccc(C#N)c(CCl)c1OC. The van der Waals surface area contributed by atoms with Gasteiger partial charge in [-0.2, -0.15) is 5.26 Å². The van der Waals surface area contributed by atoms with Gasteiger partial charge in [0.15, 0.2) is 0 Å². The molecule has 1 rings (SSSR count). The Morgan fingerprint density at radius 3 is 2.71 bits per heavy atom. The van der Waals surface area contributed by atoms with Crippen molar-refractivity contribution in [2.75, 3.05) is 13.7 Å². The summed E-state index contributed by atoms with van der Waals surface area (Å²) in [5.41, 5.74) is 1.18. The molecule has 0 aromatic heterocycles. The van der Waals surface area contributed by atoms with Crippen LogP contribution in [-0.4, -0.2) is 19.7 Å². The van der Waals surface area contributed by atoms with Crippen molar-refractivity contribution in [3.05, 3.63) is 28.8 Å². The molecule has 0 aliphatic heterocycles. The van der Waals surface area contributed by atoms with Crippen LogP contribution in [0.2, 0.25) is 0 Å². The number of rotatable bonds is 4. The molecular weight excluding hydrogens is 242 g/mol. The predicted molar refractivity (Wildman–Crippen MR) is 63.2 cm³/mol. The molecule has 0 fully saturated rings. The molecule has 4 nitrogen and oxygen atoms in total. The van der Waals surface area contributed by atoms with Gasteiger partial charge in [0.05, 0.1) is 31.2 Å². The molecule has 1 aromatic carbocycles. The van der Waals surface area contributed by atoms with Crippen LogP contribution >= 0.6 is 11.6 Å². The minimum Gasteiger partial charge on any atom is -0.495 e. The average Bonchev–Trinajstić information content (AvgIpc) is 2.36. The van der Waals surface area contributed by atoms with Gasteiger partial charge in [0.1, 0.15) is 11.3 Å². The molecule has 0 aliphatic carbocycles. The number of alkyl halides is 1. The Bertz CT molecular complexity index is 466. The topological polar surface area (TPSA) is 59.3 Å². The molecule has 0 unspecified atom stereocenters.